The number of anilines is 3. The van der Waals surface area contributed by atoms with Crippen molar-refractivity contribution in [3.8, 4) is 11.3 Å². The quantitative estimate of drug-likeness (QED) is 0.407. The van der Waals surface area contributed by atoms with Crippen LogP contribution in [-0.4, -0.2) is 75.5 Å². The fourth-order valence-corrected chi connectivity index (χ4v) is 4.71. The molecule has 1 saturated heterocycles. The number of fused-ring (bicyclic) bond motifs is 1. The Morgan fingerprint density at radius 1 is 1.15 bits per heavy atom. The Morgan fingerprint density at radius 3 is 2.82 bits per heavy atom. The van der Waals surface area contributed by atoms with Gasteiger partial charge in [0.15, 0.2) is 5.13 Å². The predicted octanol–water partition coefficient (Wildman–Crippen LogP) is 3.77. The van der Waals surface area contributed by atoms with Crippen LogP contribution in [0, 0.1) is 0 Å². The molecule has 0 radical (unpaired) electrons. The Bertz CT molecular complexity index is 1180. The Labute approximate surface area is 196 Å². The summed E-state index contributed by atoms with van der Waals surface area (Å²) in [5, 5.41) is 11.0. The highest BCUT2D eigenvalue weighted by molar-refractivity contribution is 7.21. The van der Waals surface area contributed by atoms with Crippen molar-refractivity contribution in [2.45, 2.75) is 20.0 Å². The van der Waals surface area contributed by atoms with Crippen LogP contribution in [-0.2, 0) is 4.74 Å². The van der Waals surface area contributed by atoms with Crippen LogP contribution in [0.25, 0.3) is 21.6 Å². The van der Waals surface area contributed by atoms with Crippen LogP contribution >= 0.6 is 11.3 Å². The van der Waals surface area contributed by atoms with E-state index in [0.29, 0.717) is 6.10 Å². The van der Waals surface area contributed by atoms with Crippen LogP contribution in [0.3, 0.4) is 0 Å². The van der Waals surface area contributed by atoms with Crippen molar-refractivity contribution in [1.82, 2.24) is 30.0 Å². The molecule has 0 unspecified atom stereocenters. The molecule has 0 saturated carbocycles. The van der Waals surface area contributed by atoms with Crippen molar-refractivity contribution in [3.63, 3.8) is 0 Å². The van der Waals surface area contributed by atoms with Gasteiger partial charge in [0.2, 0.25) is 0 Å². The number of nitrogens with one attached hydrogen (secondary N) is 2. The fraction of sp³-hybridized carbons (Fsp3) is 0.391. The maximum absolute atomic E-state index is 5.69. The second kappa shape index (κ2) is 9.82. The van der Waals surface area contributed by atoms with E-state index in [4.69, 9.17) is 9.72 Å². The van der Waals surface area contributed by atoms with Crippen molar-refractivity contribution in [3.05, 3.63) is 42.9 Å². The molecule has 10 heteroatoms. The average molecular weight is 465 g/mol. The Kier molecular flexibility index (Phi) is 6.47. The summed E-state index contributed by atoms with van der Waals surface area (Å²) in [4.78, 5) is 19.6. The number of thiazole rings is 1. The third-order valence-electron chi connectivity index (χ3n) is 5.62. The smallest absolute Gasteiger partial charge is 0.190 e. The van der Waals surface area contributed by atoms with Crippen LogP contribution in [0.1, 0.15) is 13.8 Å². The number of aromatic amines is 1. The highest BCUT2D eigenvalue weighted by Gasteiger charge is 2.18. The Balaban J connectivity index is 1.22. The van der Waals surface area contributed by atoms with Crippen LogP contribution < -0.4 is 10.2 Å². The molecule has 0 bridgehead atoms. The number of rotatable bonds is 8. The Morgan fingerprint density at radius 2 is 2.03 bits per heavy atom. The maximum Gasteiger partial charge on any atom is 0.190 e. The standard InChI is InChI=1S/C23H28N8OS/c1-16(2)32-12-11-30-7-9-31(10-8-30)18-5-6-24-21(13-18)29-23-28-20-4-3-19(27-22(20)33-23)17-14-25-26-15-17/h3-6,13-16H,7-12H2,1-2H3,(H,25,26)(H,24,28,29). The van der Waals surface area contributed by atoms with Crippen molar-refractivity contribution in [2.75, 3.05) is 49.5 Å². The molecule has 33 heavy (non-hydrogen) atoms. The van der Waals surface area contributed by atoms with Crippen LogP contribution in [0.4, 0.5) is 16.6 Å². The van der Waals surface area contributed by atoms with Gasteiger partial charge in [-0.2, -0.15) is 5.10 Å². The monoisotopic (exact) mass is 464 g/mol. The molecule has 0 aliphatic carbocycles. The highest BCUT2D eigenvalue weighted by Crippen LogP contribution is 2.29. The topological polar surface area (TPSA) is 95.1 Å². The van der Waals surface area contributed by atoms with E-state index < -0.39 is 0 Å². The first-order valence-corrected chi connectivity index (χ1v) is 12.0. The van der Waals surface area contributed by atoms with E-state index in [2.05, 4.69) is 61.3 Å². The number of pyridine rings is 2. The zero-order valence-electron chi connectivity index (χ0n) is 18.9. The van der Waals surface area contributed by atoms with E-state index in [0.717, 1.165) is 71.9 Å². The lowest BCUT2D eigenvalue weighted by Gasteiger charge is -2.36. The third-order valence-corrected chi connectivity index (χ3v) is 6.50. The van der Waals surface area contributed by atoms with Gasteiger partial charge in [-0.15, -0.1) is 0 Å². The summed E-state index contributed by atoms with van der Waals surface area (Å²) in [6, 6.07) is 8.11. The lowest BCUT2D eigenvalue weighted by Crippen LogP contribution is -2.47. The second-order valence-corrected chi connectivity index (χ2v) is 9.28. The van der Waals surface area contributed by atoms with Crippen molar-refractivity contribution < 1.29 is 4.74 Å². The molecule has 0 amide bonds. The number of hydrogen-bond donors (Lipinski definition) is 2. The van der Waals surface area contributed by atoms with Crippen LogP contribution in [0.2, 0.25) is 0 Å². The predicted molar refractivity (Wildman–Crippen MR) is 132 cm³/mol. The molecule has 2 N–H and O–H groups in total. The largest absolute Gasteiger partial charge is 0.377 e. The van der Waals surface area contributed by atoms with E-state index in [1.165, 1.54) is 17.0 Å². The zero-order chi connectivity index (χ0) is 22.6. The first-order chi connectivity index (χ1) is 16.1. The van der Waals surface area contributed by atoms with Gasteiger partial charge in [-0.1, -0.05) is 11.3 Å². The summed E-state index contributed by atoms with van der Waals surface area (Å²) in [6.45, 7) is 10.0. The Hall–Kier alpha value is -3.08. The lowest BCUT2D eigenvalue weighted by atomic mass is 10.2. The molecule has 0 spiro atoms. The molecule has 1 fully saturated rings. The van der Waals surface area contributed by atoms with Gasteiger partial charge in [0.25, 0.3) is 0 Å². The molecule has 9 nitrogen and oxygen atoms in total. The molecule has 0 aromatic carbocycles. The molecular formula is C23H28N8OS. The van der Waals surface area contributed by atoms with E-state index in [-0.39, 0.29) is 0 Å². The minimum absolute atomic E-state index is 0.290. The number of H-pyrrole nitrogens is 1. The SMILES string of the molecule is CC(C)OCCN1CCN(c2ccnc(Nc3nc4ccc(-c5cn[nH]c5)nc4s3)c2)CC1. The summed E-state index contributed by atoms with van der Waals surface area (Å²) >= 11 is 1.52. The van der Waals surface area contributed by atoms with Gasteiger partial charge >= 0.3 is 0 Å². The summed E-state index contributed by atoms with van der Waals surface area (Å²) in [6.07, 6.45) is 5.74. The first-order valence-electron chi connectivity index (χ1n) is 11.2. The molecule has 4 aromatic rings. The zero-order valence-corrected chi connectivity index (χ0v) is 19.7. The molecular weight excluding hydrogens is 436 g/mol. The van der Waals surface area contributed by atoms with E-state index >= 15 is 0 Å². The van der Waals surface area contributed by atoms with Gasteiger partial charge in [0, 0.05) is 62.4 Å². The number of piperazine rings is 1. The van der Waals surface area contributed by atoms with E-state index in [9.17, 15) is 0 Å². The van der Waals surface area contributed by atoms with Crippen molar-refractivity contribution >= 4 is 38.3 Å². The van der Waals surface area contributed by atoms with Gasteiger partial charge in [-0.25, -0.2) is 15.0 Å². The normalized spacial score (nSPS) is 14.9. The summed E-state index contributed by atoms with van der Waals surface area (Å²) in [7, 11) is 0. The molecule has 1 aliphatic rings. The second-order valence-electron chi connectivity index (χ2n) is 8.30. The van der Waals surface area contributed by atoms with Gasteiger partial charge in [-0.05, 0) is 32.0 Å². The molecule has 4 aromatic heterocycles. The van der Waals surface area contributed by atoms with Gasteiger partial charge in [-0.3, -0.25) is 10.00 Å². The number of aromatic nitrogens is 5. The molecule has 5 heterocycles. The minimum Gasteiger partial charge on any atom is -0.377 e. The first kappa shape index (κ1) is 21.7. The maximum atomic E-state index is 5.69. The fourth-order valence-electron chi connectivity index (χ4n) is 3.86. The summed E-state index contributed by atoms with van der Waals surface area (Å²) < 4.78 is 5.69. The summed E-state index contributed by atoms with van der Waals surface area (Å²) in [5.41, 5.74) is 3.87. The van der Waals surface area contributed by atoms with Crippen LogP contribution in [0.15, 0.2) is 42.9 Å². The molecule has 172 valence electrons. The van der Waals surface area contributed by atoms with E-state index in [1.807, 2.05) is 24.5 Å². The van der Waals surface area contributed by atoms with E-state index in [1.54, 1.807) is 6.20 Å². The average Bonchev–Trinajstić information content (AvgIpc) is 3.49. The van der Waals surface area contributed by atoms with Crippen molar-refractivity contribution in [1.29, 1.82) is 0 Å². The summed E-state index contributed by atoms with van der Waals surface area (Å²) in [5.74, 6) is 0.786. The molecule has 0 atom stereocenters. The molecule has 5 rings (SSSR count). The van der Waals surface area contributed by atoms with Gasteiger partial charge < -0.3 is 15.0 Å². The third kappa shape index (κ3) is 5.29. The van der Waals surface area contributed by atoms with Crippen LogP contribution in [0.5, 0.6) is 0 Å². The minimum atomic E-state index is 0.290. The number of ether oxygens (including phenoxy) is 1. The number of hydrogen-bond acceptors (Lipinski definition) is 9. The van der Waals surface area contributed by atoms with Gasteiger partial charge in [0.1, 0.15) is 16.2 Å². The van der Waals surface area contributed by atoms with Crippen molar-refractivity contribution in [2.24, 2.45) is 0 Å². The highest BCUT2D eigenvalue weighted by atomic mass is 32.1. The van der Waals surface area contributed by atoms with Gasteiger partial charge in [0.05, 0.1) is 24.6 Å². The molecule has 1 aliphatic heterocycles. The lowest BCUT2D eigenvalue weighted by molar-refractivity contribution is 0.0579. The number of nitrogens with zero attached hydrogens (tertiary/aromatic N) is 6.